The molecule has 0 aliphatic carbocycles. The third-order valence-corrected chi connectivity index (χ3v) is 7.63. The number of rotatable bonds is 29. The van der Waals surface area contributed by atoms with Crippen LogP contribution in [0, 0.1) is 0 Å². The van der Waals surface area contributed by atoms with E-state index in [1.807, 2.05) is 21.1 Å². The van der Waals surface area contributed by atoms with Gasteiger partial charge in [0.05, 0.1) is 34.4 Å². The Morgan fingerprint density at radius 2 is 1.03 bits per heavy atom. The van der Waals surface area contributed by atoms with Crippen molar-refractivity contribution in [3.05, 3.63) is 0 Å². The average Bonchev–Trinajstić information content (AvgIpc) is 2.83. The van der Waals surface area contributed by atoms with E-state index in [1.54, 1.807) is 0 Å². The third kappa shape index (κ3) is 30.4. The SMILES string of the molecule is CCCCCCCCCCCCCCCCCCCCCOCC(O)COP(=O)(O)OCC[N+](C)(C)C. The van der Waals surface area contributed by atoms with Gasteiger partial charge < -0.3 is 19.2 Å². The van der Waals surface area contributed by atoms with Crippen molar-refractivity contribution in [1.82, 2.24) is 0 Å². The number of unbranched alkanes of at least 4 members (excludes halogenated alkanes) is 18. The van der Waals surface area contributed by atoms with E-state index in [4.69, 9.17) is 13.8 Å². The van der Waals surface area contributed by atoms with E-state index < -0.39 is 13.9 Å². The summed E-state index contributed by atoms with van der Waals surface area (Å²) in [5.74, 6) is 0. The zero-order chi connectivity index (χ0) is 27.7. The van der Waals surface area contributed by atoms with Gasteiger partial charge in [-0.05, 0) is 6.42 Å². The van der Waals surface area contributed by atoms with Crippen LogP contribution in [0.5, 0.6) is 0 Å². The summed E-state index contributed by atoms with van der Waals surface area (Å²) in [7, 11) is 1.76. The van der Waals surface area contributed by atoms with Crippen molar-refractivity contribution in [3.63, 3.8) is 0 Å². The highest BCUT2D eigenvalue weighted by Gasteiger charge is 2.24. The average molecular weight is 553 g/mol. The number of nitrogens with zero attached hydrogens (tertiary/aromatic N) is 1. The summed E-state index contributed by atoms with van der Waals surface area (Å²) in [5, 5.41) is 9.89. The maximum atomic E-state index is 11.8. The quantitative estimate of drug-likeness (QED) is 0.0564. The van der Waals surface area contributed by atoms with E-state index >= 15 is 0 Å². The number of likely N-dealkylation sites (N-methyl/N-ethyl adjacent to an activating group) is 1. The van der Waals surface area contributed by atoms with Gasteiger partial charge in [0.1, 0.15) is 19.3 Å². The largest absolute Gasteiger partial charge is 0.472 e. The van der Waals surface area contributed by atoms with E-state index in [1.165, 1.54) is 109 Å². The van der Waals surface area contributed by atoms with Gasteiger partial charge in [0, 0.05) is 6.61 Å². The zero-order valence-corrected chi connectivity index (χ0v) is 25.9. The van der Waals surface area contributed by atoms with Crippen molar-refractivity contribution in [2.24, 2.45) is 0 Å². The van der Waals surface area contributed by atoms with Gasteiger partial charge in [-0.2, -0.15) is 0 Å². The lowest BCUT2D eigenvalue weighted by Gasteiger charge is -2.24. The highest BCUT2D eigenvalue weighted by molar-refractivity contribution is 7.47. The van der Waals surface area contributed by atoms with Gasteiger partial charge in [0.2, 0.25) is 0 Å². The van der Waals surface area contributed by atoms with Gasteiger partial charge in [-0.1, -0.05) is 122 Å². The first-order valence-corrected chi connectivity index (χ1v) is 16.8. The summed E-state index contributed by atoms with van der Waals surface area (Å²) in [6, 6.07) is 0. The Labute approximate surface area is 229 Å². The second-order valence-corrected chi connectivity index (χ2v) is 13.2. The number of aliphatic hydroxyl groups is 1. The molecule has 0 heterocycles. The van der Waals surface area contributed by atoms with E-state index in [0.717, 1.165) is 12.8 Å². The summed E-state index contributed by atoms with van der Waals surface area (Å²) < 4.78 is 27.7. The molecule has 0 radical (unpaired) electrons. The molecule has 2 atom stereocenters. The molecule has 0 bridgehead atoms. The van der Waals surface area contributed by atoms with Crippen molar-refractivity contribution in [2.75, 3.05) is 54.1 Å². The Bertz CT molecular complexity index is 529. The van der Waals surface area contributed by atoms with Crippen LogP contribution in [0.4, 0.5) is 0 Å². The topological polar surface area (TPSA) is 85.2 Å². The molecule has 7 nitrogen and oxygen atoms in total. The van der Waals surface area contributed by atoms with Crippen molar-refractivity contribution < 1.29 is 32.8 Å². The lowest BCUT2D eigenvalue weighted by Crippen LogP contribution is -2.37. The molecule has 224 valence electrons. The van der Waals surface area contributed by atoms with Gasteiger partial charge in [0.25, 0.3) is 0 Å². The summed E-state index contributed by atoms with van der Waals surface area (Å²) in [6.07, 6.45) is 24.8. The van der Waals surface area contributed by atoms with Crippen LogP contribution in [0.1, 0.15) is 129 Å². The Balaban J connectivity index is 3.32. The van der Waals surface area contributed by atoms with Crippen molar-refractivity contribution in [2.45, 2.75) is 135 Å². The lowest BCUT2D eigenvalue weighted by molar-refractivity contribution is -0.870. The molecule has 0 saturated carbocycles. The van der Waals surface area contributed by atoms with Gasteiger partial charge in [-0.15, -0.1) is 0 Å². The van der Waals surface area contributed by atoms with Crippen LogP contribution >= 0.6 is 7.82 Å². The van der Waals surface area contributed by atoms with Crippen LogP contribution in [0.2, 0.25) is 0 Å². The van der Waals surface area contributed by atoms with Gasteiger partial charge in [-0.25, -0.2) is 4.57 Å². The molecule has 37 heavy (non-hydrogen) atoms. The molecule has 0 spiro atoms. The van der Waals surface area contributed by atoms with Crippen LogP contribution in [-0.4, -0.2) is 74.7 Å². The van der Waals surface area contributed by atoms with Crippen molar-refractivity contribution in [3.8, 4) is 0 Å². The fourth-order valence-corrected chi connectivity index (χ4v) is 4.94. The Morgan fingerprint density at radius 3 is 1.43 bits per heavy atom. The molecule has 0 aliphatic heterocycles. The fourth-order valence-electron chi connectivity index (χ4n) is 4.20. The first-order chi connectivity index (χ1) is 17.7. The molecular formula is C29H63NO6P+. The Morgan fingerprint density at radius 1 is 0.622 bits per heavy atom. The Kier molecular flexibility index (Phi) is 25.0. The minimum atomic E-state index is -4.14. The molecule has 2 unspecified atom stereocenters. The highest BCUT2D eigenvalue weighted by atomic mass is 31.2. The van der Waals surface area contributed by atoms with Crippen molar-refractivity contribution in [1.29, 1.82) is 0 Å². The van der Waals surface area contributed by atoms with Crippen LogP contribution in [-0.2, 0) is 18.3 Å². The number of phosphoric ester groups is 1. The van der Waals surface area contributed by atoms with Gasteiger partial charge in [-0.3, -0.25) is 9.05 Å². The molecule has 0 aliphatic rings. The monoisotopic (exact) mass is 552 g/mol. The summed E-state index contributed by atoms with van der Waals surface area (Å²) >= 11 is 0. The maximum absolute atomic E-state index is 11.8. The molecule has 0 aromatic rings. The first kappa shape index (κ1) is 37.0. The lowest BCUT2D eigenvalue weighted by atomic mass is 10.0. The predicted octanol–water partition coefficient (Wildman–Crippen LogP) is 7.64. The Hall–Kier alpha value is -0.0100. The minimum absolute atomic E-state index is 0.0952. The standard InChI is InChI=1S/C29H62NO6P/c1-5-6-7-8-9-10-11-12-13-14-15-16-17-18-19-20-21-22-23-25-34-27-29(31)28-36-37(32,33)35-26-24-30(2,3)4/h29,31H,5-28H2,1-4H3/p+1. The molecule has 0 fully saturated rings. The number of hydrogen-bond donors (Lipinski definition) is 2. The number of ether oxygens (including phenoxy) is 1. The second-order valence-electron chi connectivity index (χ2n) is 11.7. The smallest absolute Gasteiger partial charge is 0.388 e. The number of hydrogen-bond acceptors (Lipinski definition) is 5. The molecule has 2 N–H and O–H groups in total. The zero-order valence-electron chi connectivity index (χ0n) is 25.0. The first-order valence-electron chi connectivity index (χ1n) is 15.3. The summed E-state index contributed by atoms with van der Waals surface area (Å²) in [4.78, 5) is 9.66. The van der Waals surface area contributed by atoms with E-state index in [0.29, 0.717) is 17.6 Å². The van der Waals surface area contributed by atoms with Gasteiger partial charge >= 0.3 is 7.82 Å². The van der Waals surface area contributed by atoms with E-state index in [-0.39, 0.29) is 19.8 Å². The number of phosphoric acid groups is 1. The predicted molar refractivity (Wildman–Crippen MR) is 155 cm³/mol. The minimum Gasteiger partial charge on any atom is -0.388 e. The fraction of sp³-hybridized carbons (Fsp3) is 1.00. The number of aliphatic hydroxyl groups excluding tert-OH is 1. The van der Waals surface area contributed by atoms with Crippen LogP contribution < -0.4 is 0 Å². The molecule has 0 saturated heterocycles. The van der Waals surface area contributed by atoms with E-state index in [2.05, 4.69) is 6.92 Å². The molecular weight excluding hydrogens is 489 g/mol. The molecule has 0 aromatic heterocycles. The normalized spacial score (nSPS) is 14.6. The third-order valence-electron chi connectivity index (χ3n) is 6.65. The van der Waals surface area contributed by atoms with Gasteiger partial charge in [0.15, 0.2) is 0 Å². The van der Waals surface area contributed by atoms with Crippen LogP contribution in [0.15, 0.2) is 0 Å². The van der Waals surface area contributed by atoms with Crippen LogP contribution in [0.25, 0.3) is 0 Å². The maximum Gasteiger partial charge on any atom is 0.472 e. The molecule has 0 aromatic carbocycles. The summed E-state index contributed by atoms with van der Waals surface area (Å²) in [6.45, 7) is 3.38. The van der Waals surface area contributed by atoms with Crippen molar-refractivity contribution >= 4 is 7.82 Å². The number of quaternary nitrogens is 1. The molecule has 0 rings (SSSR count). The van der Waals surface area contributed by atoms with E-state index in [9.17, 15) is 14.6 Å². The summed E-state index contributed by atoms with van der Waals surface area (Å²) in [5.41, 5.74) is 0. The molecule has 0 amide bonds. The van der Waals surface area contributed by atoms with Crippen LogP contribution in [0.3, 0.4) is 0 Å². The second kappa shape index (κ2) is 25.0. The highest BCUT2D eigenvalue weighted by Crippen LogP contribution is 2.43. The molecule has 8 heteroatoms.